The number of fused-ring (bicyclic) bond motifs is 1. The van der Waals surface area contributed by atoms with Crippen molar-refractivity contribution in [2.45, 2.75) is 10.9 Å². The van der Waals surface area contributed by atoms with Crippen molar-refractivity contribution < 1.29 is 14.3 Å². The third-order valence-electron chi connectivity index (χ3n) is 4.62. The van der Waals surface area contributed by atoms with Gasteiger partial charge in [-0.05, 0) is 29.8 Å². The van der Waals surface area contributed by atoms with E-state index in [9.17, 15) is 9.59 Å². The first-order valence-electron chi connectivity index (χ1n) is 9.05. The highest BCUT2D eigenvalue weighted by Crippen LogP contribution is 2.43. The minimum atomic E-state index is -0.495. The van der Waals surface area contributed by atoms with Crippen molar-refractivity contribution in [3.63, 3.8) is 0 Å². The second-order valence-corrected chi connectivity index (χ2v) is 7.47. The predicted molar refractivity (Wildman–Crippen MR) is 111 cm³/mol. The summed E-state index contributed by atoms with van der Waals surface area (Å²) in [6, 6.07) is 26.4. The first-order valence-corrected chi connectivity index (χ1v) is 10.0. The summed E-state index contributed by atoms with van der Waals surface area (Å²) in [7, 11) is 0. The van der Waals surface area contributed by atoms with Gasteiger partial charge in [0.2, 0.25) is 0 Å². The van der Waals surface area contributed by atoms with Gasteiger partial charge in [0.05, 0.1) is 17.3 Å². The van der Waals surface area contributed by atoms with E-state index in [1.54, 1.807) is 40.9 Å². The normalized spacial score (nSPS) is 15.6. The Labute approximate surface area is 168 Å². The number of carbonyl (C=O) groups is 2. The summed E-state index contributed by atoms with van der Waals surface area (Å²) in [5, 5.41) is 0. The molecule has 0 fully saturated rings. The number of nitrogens with zero attached hydrogens (tertiary/aromatic N) is 1. The molecule has 1 heterocycles. The van der Waals surface area contributed by atoms with Gasteiger partial charge in [-0.1, -0.05) is 60.7 Å². The van der Waals surface area contributed by atoms with Gasteiger partial charge in [0.25, 0.3) is 5.91 Å². The molecule has 1 amide bonds. The Morgan fingerprint density at radius 2 is 1.54 bits per heavy atom. The summed E-state index contributed by atoms with van der Waals surface area (Å²) in [6.45, 7) is -0.296. The average molecular weight is 389 g/mol. The Balaban J connectivity index is 1.58. The molecule has 0 unspecified atom stereocenters. The Hall–Kier alpha value is -3.05. The van der Waals surface area contributed by atoms with E-state index < -0.39 is 5.97 Å². The zero-order valence-corrected chi connectivity index (χ0v) is 16.0. The highest BCUT2D eigenvalue weighted by Gasteiger charge is 2.32. The molecule has 0 aliphatic carbocycles. The van der Waals surface area contributed by atoms with Gasteiger partial charge in [0.15, 0.2) is 6.61 Å². The third kappa shape index (κ3) is 3.80. The summed E-state index contributed by atoms with van der Waals surface area (Å²) in [5.41, 5.74) is 2.35. The highest BCUT2D eigenvalue weighted by molar-refractivity contribution is 7.99. The van der Waals surface area contributed by atoms with Gasteiger partial charge in [-0.25, -0.2) is 4.79 Å². The highest BCUT2D eigenvalue weighted by atomic mass is 32.2. The lowest BCUT2D eigenvalue weighted by atomic mass is 10.1. The third-order valence-corrected chi connectivity index (χ3v) is 5.76. The molecule has 4 rings (SSSR count). The fourth-order valence-corrected chi connectivity index (χ4v) is 4.44. The van der Waals surface area contributed by atoms with Crippen molar-refractivity contribution in [2.75, 3.05) is 17.3 Å². The Morgan fingerprint density at radius 1 is 0.893 bits per heavy atom. The van der Waals surface area contributed by atoms with E-state index in [0.29, 0.717) is 5.56 Å². The molecule has 0 radical (unpaired) electrons. The van der Waals surface area contributed by atoms with Crippen LogP contribution < -0.4 is 4.90 Å². The monoisotopic (exact) mass is 389 g/mol. The molecule has 3 aromatic carbocycles. The van der Waals surface area contributed by atoms with Gasteiger partial charge in [-0.3, -0.25) is 9.69 Å². The van der Waals surface area contributed by atoms with Crippen molar-refractivity contribution in [2.24, 2.45) is 0 Å². The number of ether oxygens (including phenoxy) is 1. The molecule has 28 heavy (non-hydrogen) atoms. The molecular formula is C23H19NO3S. The largest absolute Gasteiger partial charge is 0.452 e. The molecule has 0 saturated heterocycles. The lowest BCUT2D eigenvalue weighted by Gasteiger charge is -2.37. The summed E-state index contributed by atoms with van der Waals surface area (Å²) < 4.78 is 5.31. The number of para-hydroxylation sites is 1. The van der Waals surface area contributed by atoms with Crippen LogP contribution in [0.5, 0.6) is 0 Å². The number of thioether (sulfide) groups is 1. The van der Waals surface area contributed by atoms with E-state index in [1.165, 1.54) is 0 Å². The maximum Gasteiger partial charge on any atom is 0.338 e. The summed E-state index contributed by atoms with van der Waals surface area (Å²) in [5.74, 6) is 0.0233. The van der Waals surface area contributed by atoms with Crippen LogP contribution in [0.4, 0.5) is 5.69 Å². The number of esters is 1. The minimum absolute atomic E-state index is 0.107. The van der Waals surface area contributed by atoms with Gasteiger partial charge in [0, 0.05) is 10.6 Å². The van der Waals surface area contributed by atoms with E-state index >= 15 is 0 Å². The molecule has 3 aromatic rings. The topological polar surface area (TPSA) is 46.6 Å². The molecule has 0 spiro atoms. The summed E-state index contributed by atoms with van der Waals surface area (Å²) in [4.78, 5) is 28.2. The quantitative estimate of drug-likeness (QED) is 0.606. The van der Waals surface area contributed by atoms with E-state index in [0.717, 1.165) is 21.9 Å². The summed E-state index contributed by atoms with van der Waals surface area (Å²) in [6.07, 6.45) is 0. The average Bonchev–Trinajstić information content (AvgIpc) is 2.77. The molecule has 140 valence electrons. The molecule has 1 aliphatic heterocycles. The van der Waals surface area contributed by atoms with Gasteiger partial charge < -0.3 is 4.74 Å². The Kier molecular flexibility index (Phi) is 5.44. The van der Waals surface area contributed by atoms with Crippen LogP contribution in [0.3, 0.4) is 0 Å². The zero-order chi connectivity index (χ0) is 19.3. The first kappa shape index (κ1) is 18.3. The van der Waals surface area contributed by atoms with E-state index in [1.807, 2.05) is 60.7 Å². The van der Waals surface area contributed by atoms with Crippen molar-refractivity contribution in [3.05, 3.63) is 96.1 Å². The van der Waals surface area contributed by atoms with E-state index in [4.69, 9.17) is 4.74 Å². The van der Waals surface area contributed by atoms with Gasteiger partial charge in [0.1, 0.15) is 0 Å². The summed E-state index contributed by atoms with van der Waals surface area (Å²) >= 11 is 1.73. The van der Waals surface area contributed by atoms with Crippen molar-refractivity contribution in [1.29, 1.82) is 0 Å². The van der Waals surface area contributed by atoms with Gasteiger partial charge >= 0.3 is 5.97 Å². The molecule has 5 heteroatoms. The maximum atomic E-state index is 13.1. The maximum absolute atomic E-state index is 13.1. The number of benzene rings is 3. The fraction of sp³-hybridized carbons (Fsp3) is 0.130. The molecule has 0 saturated carbocycles. The van der Waals surface area contributed by atoms with Crippen molar-refractivity contribution >= 4 is 29.3 Å². The lowest BCUT2D eigenvalue weighted by molar-refractivity contribution is -0.122. The van der Waals surface area contributed by atoms with Gasteiger partial charge in [-0.15, -0.1) is 11.8 Å². The predicted octanol–water partition coefficient (Wildman–Crippen LogP) is 4.72. The second-order valence-electron chi connectivity index (χ2n) is 6.41. The van der Waals surface area contributed by atoms with Crippen LogP contribution >= 0.6 is 11.8 Å². The van der Waals surface area contributed by atoms with Crippen molar-refractivity contribution in [3.8, 4) is 0 Å². The number of anilines is 1. The molecule has 0 N–H and O–H groups in total. The lowest BCUT2D eigenvalue weighted by Crippen LogP contribution is -2.41. The molecule has 1 aliphatic rings. The van der Waals surface area contributed by atoms with Crippen molar-refractivity contribution in [1.82, 2.24) is 0 Å². The molecule has 0 bridgehead atoms. The first-order chi connectivity index (χ1) is 13.7. The molecule has 4 nitrogen and oxygen atoms in total. The smallest absolute Gasteiger partial charge is 0.338 e. The van der Waals surface area contributed by atoms with Crippen LogP contribution in [0.1, 0.15) is 22.0 Å². The fourth-order valence-electron chi connectivity index (χ4n) is 3.27. The van der Waals surface area contributed by atoms with E-state index in [-0.39, 0.29) is 18.6 Å². The van der Waals surface area contributed by atoms with Crippen LogP contribution in [-0.4, -0.2) is 24.2 Å². The standard InChI is InChI=1S/C23H19NO3S/c25-22(15-27-23(26)18-11-5-2-6-12-18)24-19-13-7-8-14-21(19)28-16-20(24)17-9-3-1-4-10-17/h1-14,20H,15-16H2/t20-/m0/s1. The molecular weight excluding hydrogens is 370 g/mol. The SMILES string of the molecule is O=C(OCC(=O)N1c2ccccc2SC[C@H]1c1ccccc1)c1ccccc1. The zero-order valence-electron chi connectivity index (χ0n) is 15.2. The Bertz CT molecular complexity index is 975. The van der Waals surface area contributed by atoms with E-state index in [2.05, 4.69) is 0 Å². The number of amides is 1. The van der Waals surface area contributed by atoms with Crippen LogP contribution in [0.15, 0.2) is 89.8 Å². The van der Waals surface area contributed by atoms with Crippen LogP contribution in [0.25, 0.3) is 0 Å². The molecule has 0 aromatic heterocycles. The number of hydrogen-bond donors (Lipinski definition) is 0. The van der Waals surface area contributed by atoms with Crippen LogP contribution in [0, 0.1) is 0 Å². The Morgan fingerprint density at radius 3 is 2.29 bits per heavy atom. The number of carbonyl (C=O) groups excluding carboxylic acids is 2. The van der Waals surface area contributed by atoms with Crippen LogP contribution in [0.2, 0.25) is 0 Å². The number of hydrogen-bond acceptors (Lipinski definition) is 4. The number of rotatable bonds is 4. The molecule has 1 atom stereocenters. The minimum Gasteiger partial charge on any atom is -0.452 e. The van der Waals surface area contributed by atoms with Crippen LogP contribution in [-0.2, 0) is 9.53 Å². The van der Waals surface area contributed by atoms with Gasteiger partial charge in [-0.2, -0.15) is 0 Å². The second kappa shape index (κ2) is 8.31.